The van der Waals surface area contributed by atoms with Gasteiger partial charge < -0.3 is 14.2 Å². The number of fused-ring (bicyclic) bond motifs is 1. The van der Waals surface area contributed by atoms with Crippen molar-refractivity contribution in [3.05, 3.63) is 72.2 Å². The van der Waals surface area contributed by atoms with Crippen LogP contribution in [-0.2, 0) is 15.0 Å². The van der Waals surface area contributed by atoms with E-state index in [1.165, 1.54) is 10.5 Å². The second kappa shape index (κ2) is 7.54. The summed E-state index contributed by atoms with van der Waals surface area (Å²) in [4.78, 5) is 43.9. The van der Waals surface area contributed by atoms with Crippen molar-refractivity contribution in [2.24, 2.45) is 0 Å². The number of likely N-dealkylation sites (tertiary alicyclic amines) is 1. The van der Waals surface area contributed by atoms with E-state index in [2.05, 4.69) is 23.6 Å². The second-order valence-electron chi connectivity index (χ2n) is 8.13. The molecule has 2 aromatic heterocycles. The fourth-order valence-corrected chi connectivity index (χ4v) is 4.63. The smallest absolute Gasteiger partial charge is 0.325 e. The van der Waals surface area contributed by atoms with Crippen LogP contribution in [0.4, 0.5) is 4.79 Å². The Morgan fingerprint density at radius 1 is 1.03 bits per heavy atom. The molecule has 4 heterocycles. The van der Waals surface area contributed by atoms with Crippen LogP contribution in [0.25, 0.3) is 5.65 Å². The van der Waals surface area contributed by atoms with Crippen molar-refractivity contribution in [1.29, 1.82) is 0 Å². The number of carbonyl (C=O) groups excluding carboxylic acids is 3. The molecule has 0 radical (unpaired) electrons. The first kappa shape index (κ1) is 19.3. The van der Waals surface area contributed by atoms with Gasteiger partial charge in [0, 0.05) is 30.9 Å². The number of pyridine rings is 1. The summed E-state index contributed by atoms with van der Waals surface area (Å²) in [5.41, 5.74) is 2.80. The zero-order valence-electron chi connectivity index (χ0n) is 17.0. The van der Waals surface area contributed by atoms with Gasteiger partial charge in [0.25, 0.3) is 0 Å². The van der Waals surface area contributed by atoms with E-state index in [0.29, 0.717) is 13.1 Å². The van der Waals surface area contributed by atoms with Crippen LogP contribution in [0, 0.1) is 0 Å². The average molecular weight is 417 g/mol. The number of imide groups is 1. The molecular formula is C23H23N5O3. The van der Waals surface area contributed by atoms with Crippen LogP contribution in [0.1, 0.15) is 24.1 Å². The number of hydrogen-bond acceptors (Lipinski definition) is 4. The Balaban J connectivity index is 1.39. The number of amides is 4. The maximum absolute atomic E-state index is 12.8. The van der Waals surface area contributed by atoms with Crippen molar-refractivity contribution >= 4 is 23.5 Å². The third-order valence-electron chi connectivity index (χ3n) is 6.34. The van der Waals surface area contributed by atoms with Crippen molar-refractivity contribution in [3.8, 4) is 0 Å². The van der Waals surface area contributed by atoms with Crippen LogP contribution in [0.15, 0.2) is 60.9 Å². The number of nitrogens with one attached hydrogen (secondary N) is 1. The van der Waals surface area contributed by atoms with E-state index in [0.717, 1.165) is 24.2 Å². The van der Waals surface area contributed by atoms with E-state index < -0.39 is 6.03 Å². The molecule has 3 aromatic rings. The molecular weight excluding hydrogens is 394 g/mol. The van der Waals surface area contributed by atoms with Gasteiger partial charge >= 0.3 is 6.03 Å². The Morgan fingerprint density at radius 3 is 2.45 bits per heavy atom. The summed E-state index contributed by atoms with van der Waals surface area (Å²) in [7, 11) is 0. The maximum atomic E-state index is 12.8. The minimum absolute atomic E-state index is 0.0619. The lowest BCUT2D eigenvalue weighted by molar-refractivity contribution is -0.133. The van der Waals surface area contributed by atoms with Crippen LogP contribution in [-0.4, -0.2) is 63.2 Å². The monoisotopic (exact) mass is 417 g/mol. The largest absolute Gasteiger partial charge is 0.341 e. The summed E-state index contributed by atoms with van der Waals surface area (Å²) in [5, 5.41) is 2.21. The van der Waals surface area contributed by atoms with Gasteiger partial charge in [0.05, 0.1) is 5.69 Å². The molecule has 0 spiro atoms. The van der Waals surface area contributed by atoms with Gasteiger partial charge in [0.2, 0.25) is 11.8 Å². The molecule has 2 aliphatic heterocycles. The molecule has 2 aliphatic rings. The number of hydrogen-bond donors (Lipinski definition) is 1. The minimum Gasteiger partial charge on any atom is -0.341 e. The van der Waals surface area contributed by atoms with E-state index >= 15 is 0 Å². The van der Waals surface area contributed by atoms with Gasteiger partial charge in [-0.05, 0) is 30.5 Å². The molecule has 8 nitrogen and oxygen atoms in total. The summed E-state index contributed by atoms with van der Waals surface area (Å²) in [6, 6.07) is 15.8. The van der Waals surface area contributed by atoms with Crippen LogP contribution < -0.4 is 5.32 Å². The molecule has 5 rings (SSSR count). The Bertz CT molecular complexity index is 1120. The van der Waals surface area contributed by atoms with Crippen molar-refractivity contribution < 1.29 is 14.4 Å². The maximum Gasteiger partial charge on any atom is 0.325 e. The van der Waals surface area contributed by atoms with Crippen molar-refractivity contribution in [1.82, 2.24) is 24.5 Å². The Labute approximate surface area is 179 Å². The molecule has 8 heteroatoms. The highest BCUT2D eigenvalue weighted by Crippen LogP contribution is 2.41. The summed E-state index contributed by atoms with van der Waals surface area (Å²) < 4.78 is 2.03. The normalized spacial score (nSPS) is 18.5. The van der Waals surface area contributed by atoms with Gasteiger partial charge in [-0.15, -0.1) is 0 Å². The predicted octanol–water partition coefficient (Wildman–Crippen LogP) is 1.79. The number of piperidine rings is 1. The highest BCUT2D eigenvalue weighted by molar-refractivity contribution is 6.03. The molecule has 4 amide bonds. The number of benzene rings is 1. The first-order valence-corrected chi connectivity index (χ1v) is 10.4. The molecule has 0 bridgehead atoms. The summed E-state index contributed by atoms with van der Waals surface area (Å²) >= 11 is 0. The lowest BCUT2D eigenvalue weighted by Crippen LogP contribution is -2.49. The fourth-order valence-electron chi connectivity index (χ4n) is 4.63. The molecule has 158 valence electrons. The minimum atomic E-state index is -0.501. The topological polar surface area (TPSA) is 87.0 Å². The van der Waals surface area contributed by atoms with Crippen LogP contribution in [0.3, 0.4) is 0 Å². The highest BCUT2D eigenvalue weighted by atomic mass is 16.2. The molecule has 1 N–H and O–H groups in total. The molecule has 31 heavy (non-hydrogen) atoms. The molecule has 0 saturated carbocycles. The zero-order chi connectivity index (χ0) is 21.4. The summed E-state index contributed by atoms with van der Waals surface area (Å²) in [6.45, 7) is 0.980. The van der Waals surface area contributed by atoms with E-state index in [-0.39, 0.29) is 30.3 Å². The van der Waals surface area contributed by atoms with Crippen LogP contribution in [0.2, 0.25) is 0 Å². The summed E-state index contributed by atoms with van der Waals surface area (Å²) in [6.07, 6.45) is 5.54. The van der Waals surface area contributed by atoms with Crippen LogP contribution >= 0.6 is 0 Å². The van der Waals surface area contributed by atoms with Gasteiger partial charge in [-0.3, -0.25) is 14.9 Å². The standard InChI is InChI=1S/C23H23N5O3/c29-20-15-28(22(31)25-20)16-21(30)26-12-9-23(10-13-26,17-6-2-1-3-7-17)18-14-27-11-5-4-8-19(27)24-18/h1-8,11,14H,9-10,12-13,15-16H2,(H,25,29,31). The van der Waals surface area contributed by atoms with Crippen LogP contribution in [0.5, 0.6) is 0 Å². The van der Waals surface area contributed by atoms with Crippen molar-refractivity contribution in [2.75, 3.05) is 26.2 Å². The number of imidazole rings is 1. The van der Waals surface area contributed by atoms with Crippen molar-refractivity contribution in [3.63, 3.8) is 0 Å². The molecule has 1 aromatic carbocycles. The number of urea groups is 1. The number of nitrogens with zero attached hydrogens (tertiary/aromatic N) is 4. The van der Waals surface area contributed by atoms with E-state index in [1.807, 2.05) is 47.0 Å². The second-order valence-corrected chi connectivity index (χ2v) is 8.13. The first-order valence-electron chi connectivity index (χ1n) is 10.4. The lowest BCUT2D eigenvalue weighted by Gasteiger charge is -2.41. The Morgan fingerprint density at radius 2 is 1.77 bits per heavy atom. The number of rotatable bonds is 4. The molecule has 0 unspecified atom stereocenters. The molecule has 0 atom stereocenters. The van der Waals surface area contributed by atoms with Gasteiger partial charge in [0.15, 0.2) is 0 Å². The Hall–Kier alpha value is -3.68. The lowest BCUT2D eigenvalue weighted by atomic mass is 9.70. The Kier molecular flexibility index (Phi) is 4.69. The average Bonchev–Trinajstić information content (AvgIpc) is 3.37. The molecule has 2 saturated heterocycles. The van der Waals surface area contributed by atoms with Gasteiger partial charge in [0.1, 0.15) is 18.7 Å². The van der Waals surface area contributed by atoms with E-state index in [9.17, 15) is 14.4 Å². The SMILES string of the molecule is O=C1CN(CC(=O)N2CCC(c3ccccc3)(c3cn4ccccc4n3)CC2)C(=O)N1. The zero-order valence-corrected chi connectivity index (χ0v) is 17.0. The molecule has 0 aliphatic carbocycles. The number of carbonyl (C=O) groups is 3. The summed E-state index contributed by atoms with van der Waals surface area (Å²) in [5.74, 6) is -0.507. The first-order chi connectivity index (χ1) is 15.0. The third-order valence-corrected chi connectivity index (χ3v) is 6.34. The fraction of sp³-hybridized carbons (Fsp3) is 0.304. The van der Waals surface area contributed by atoms with Gasteiger partial charge in [-0.2, -0.15) is 0 Å². The van der Waals surface area contributed by atoms with Gasteiger partial charge in [-0.25, -0.2) is 9.78 Å². The van der Waals surface area contributed by atoms with E-state index in [4.69, 9.17) is 4.98 Å². The highest BCUT2D eigenvalue weighted by Gasteiger charge is 2.41. The van der Waals surface area contributed by atoms with Crippen molar-refractivity contribution in [2.45, 2.75) is 18.3 Å². The molecule has 2 fully saturated rings. The quantitative estimate of drug-likeness (QED) is 0.656. The van der Waals surface area contributed by atoms with E-state index in [1.54, 1.807) is 4.90 Å². The predicted molar refractivity (Wildman–Crippen MR) is 113 cm³/mol. The number of aromatic nitrogens is 2. The third kappa shape index (κ3) is 3.43. The van der Waals surface area contributed by atoms with Gasteiger partial charge in [-0.1, -0.05) is 36.4 Å².